The number of fused-ring (bicyclic) bond motifs is 5. The molecule has 20 heavy (non-hydrogen) atoms. The van der Waals surface area contributed by atoms with Gasteiger partial charge in [-0.2, -0.15) is 0 Å². The number of alkyl halides is 1. The van der Waals surface area contributed by atoms with Crippen molar-refractivity contribution in [2.24, 2.45) is 0 Å². The Kier molecular flexibility index (Phi) is 2.99. The summed E-state index contributed by atoms with van der Waals surface area (Å²) in [6, 6.07) is 4.33. The van der Waals surface area contributed by atoms with Crippen LogP contribution in [0.4, 0.5) is 0 Å². The molecule has 1 N–H and O–H groups in total. The van der Waals surface area contributed by atoms with Gasteiger partial charge in [-0.1, -0.05) is 0 Å². The molecule has 1 aliphatic carbocycles. The number of thiophene rings is 1. The van der Waals surface area contributed by atoms with E-state index in [0.29, 0.717) is 5.88 Å². The fourth-order valence-electron chi connectivity index (χ4n) is 3.49. The molecule has 4 rings (SSSR count). The second-order valence-corrected chi connectivity index (χ2v) is 7.43. The lowest BCUT2D eigenvalue weighted by Gasteiger charge is -2.28. The van der Waals surface area contributed by atoms with Gasteiger partial charge in [0.25, 0.3) is 0 Å². The Bertz CT molecular complexity index is 657. The van der Waals surface area contributed by atoms with Crippen molar-refractivity contribution in [3.63, 3.8) is 0 Å². The minimum atomic E-state index is -0.147. The van der Waals surface area contributed by atoms with Crippen molar-refractivity contribution < 1.29 is 0 Å². The van der Waals surface area contributed by atoms with Gasteiger partial charge in [0, 0.05) is 34.8 Å². The molecule has 3 heterocycles. The summed E-state index contributed by atoms with van der Waals surface area (Å²) in [5.41, 5.74) is 4.26. The van der Waals surface area contributed by atoms with Crippen molar-refractivity contribution in [2.75, 3.05) is 5.88 Å². The number of nitrogens with zero attached hydrogens (tertiary/aromatic N) is 1. The molecule has 0 fully saturated rings. The molecule has 1 aliphatic heterocycles. The number of nitrogens with one attached hydrogen (secondary N) is 1. The van der Waals surface area contributed by atoms with E-state index >= 15 is 0 Å². The average molecular weight is 307 g/mol. The van der Waals surface area contributed by atoms with Crippen LogP contribution in [0.5, 0.6) is 0 Å². The predicted molar refractivity (Wildman–Crippen MR) is 85.2 cm³/mol. The zero-order valence-electron chi connectivity index (χ0n) is 11.7. The summed E-state index contributed by atoms with van der Waals surface area (Å²) in [6.07, 6.45) is 7.38. The van der Waals surface area contributed by atoms with Gasteiger partial charge in [-0.3, -0.25) is 0 Å². The topological polar surface area (TPSA) is 17.0 Å². The molecule has 0 saturated carbocycles. The summed E-state index contributed by atoms with van der Waals surface area (Å²) in [7, 11) is 0. The van der Waals surface area contributed by atoms with Gasteiger partial charge in [-0.25, -0.2) is 0 Å². The smallest absolute Gasteiger partial charge is 0.104 e. The first-order valence-electron chi connectivity index (χ1n) is 7.35. The highest BCUT2D eigenvalue weighted by atomic mass is 35.5. The number of hydrogen-bond donors (Lipinski definition) is 1. The highest BCUT2D eigenvalue weighted by molar-refractivity contribution is 7.15. The molecule has 0 aromatic carbocycles. The van der Waals surface area contributed by atoms with Crippen molar-refractivity contribution in [1.82, 2.24) is 9.88 Å². The van der Waals surface area contributed by atoms with Gasteiger partial charge < -0.3 is 9.88 Å². The number of aromatic nitrogens is 1. The average Bonchev–Trinajstić information content (AvgIpc) is 3.07. The van der Waals surface area contributed by atoms with Crippen LogP contribution in [0.3, 0.4) is 0 Å². The number of rotatable bonds is 1. The number of hydrogen-bond acceptors (Lipinski definition) is 2. The van der Waals surface area contributed by atoms with Gasteiger partial charge in [0.05, 0.1) is 5.54 Å². The fourth-order valence-corrected chi connectivity index (χ4v) is 5.13. The lowest BCUT2D eigenvalue weighted by atomic mass is 9.95. The molecule has 0 amide bonds. The maximum atomic E-state index is 6.26. The second kappa shape index (κ2) is 4.62. The Hall–Kier alpha value is -0.770. The third kappa shape index (κ3) is 1.73. The second-order valence-electron chi connectivity index (χ2n) is 6.08. The molecule has 1 atom stereocenters. The first kappa shape index (κ1) is 12.9. The van der Waals surface area contributed by atoms with Gasteiger partial charge in [0.2, 0.25) is 0 Å². The van der Waals surface area contributed by atoms with Crippen LogP contribution in [0.2, 0.25) is 0 Å². The molecule has 0 radical (unpaired) electrons. The van der Waals surface area contributed by atoms with E-state index in [1.165, 1.54) is 41.9 Å². The lowest BCUT2D eigenvalue weighted by molar-refractivity contribution is 0.399. The van der Waals surface area contributed by atoms with Crippen LogP contribution in [-0.4, -0.2) is 10.4 Å². The fraction of sp³-hybridized carbons (Fsp3) is 0.500. The molecular formula is C16H19ClN2S. The molecule has 106 valence electrons. The Morgan fingerprint density at radius 3 is 3.05 bits per heavy atom. The summed E-state index contributed by atoms with van der Waals surface area (Å²) >= 11 is 8.25. The molecule has 2 aromatic rings. The summed E-state index contributed by atoms with van der Waals surface area (Å²) < 4.78 is 2.36. The van der Waals surface area contributed by atoms with Crippen molar-refractivity contribution in [3.05, 3.63) is 40.0 Å². The molecule has 0 spiro atoms. The SMILES string of the molecule is CC1(CCl)NCc2c(sc3c2CCCC3)-n2cccc21. The maximum absolute atomic E-state index is 6.26. The Morgan fingerprint density at radius 1 is 1.35 bits per heavy atom. The van der Waals surface area contributed by atoms with Crippen LogP contribution in [-0.2, 0) is 24.9 Å². The largest absolute Gasteiger partial charge is 0.310 e. The molecule has 0 saturated heterocycles. The lowest BCUT2D eigenvalue weighted by Crippen LogP contribution is -2.40. The molecular weight excluding hydrogens is 288 g/mol. The maximum Gasteiger partial charge on any atom is 0.104 e. The molecule has 1 unspecified atom stereocenters. The van der Waals surface area contributed by atoms with Gasteiger partial charge in [0.1, 0.15) is 5.00 Å². The van der Waals surface area contributed by atoms with E-state index in [-0.39, 0.29) is 5.54 Å². The number of aryl methyl sites for hydroxylation is 1. The zero-order chi connectivity index (χ0) is 13.7. The van der Waals surface area contributed by atoms with Gasteiger partial charge in [0.15, 0.2) is 0 Å². The third-order valence-corrected chi connectivity index (χ3v) is 6.58. The monoisotopic (exact) mass is 306 g/mol. The van der Waals surface area contributed by atoms with E-state index in [0.717, 1.165) is 6.54 Å². The Balaban J connectivity index is 1.93. The van der Waals surface area contributed by atoms with Crippen molar-refractivity contribution >= 4 is 22.9 Å². The van der Waals surface area contributed by atoms with Crippen LogP contribution in [0, 0.1) is 0 Å². The van der Waals surface area contributed by atoms with E-state index in [1.54, 1.807) is 10.4 Å². The Labute approximate surface area is 128 Å². The molecule has 0 bridgehead atoms. The number of halogens is 1. The van der Waals surface area contributed by atoms with E-state index in [9.17, 15) is 0 Å². The molecule has 4 heteroatoms. The van der Waals surface area contributed by atoms with Crippen LogP contribution in [0.1, 0.15) is 41.5 Å². The van der Waals surface area contributed by atoms with E-state index in [1.807, 2.05) is 11.3 Å². The van der Waals surface area contributed by atoms with Crippen LogP contribution in [0.25, 0.3) is 5.00 Å². The van der Waals surface area contributed by atoms with Crippen LogP contribution < -0.4 is 5.32 Å². The molecule has 2 nitrogen and oxygen atoms in total. The first-order chi connectivity index (χ1) is 9.73. The van der Waals surface area contributed by atoms with E-state index in [2.05, 4.69) is 35.1 Å². The molecule has 2 aromatic heterocycles. The first-order valence-corrected chi connectivity index (χ1v) is 8.71. The summed E-state index contributed by atoms with van der Waals surface area (Å²) in [5.74, 6) is 0.591. The van der Waals surface area contributed by atoms with Crippen molar-refractivity contribution in [2.45, 2.75) is 44.7 Å². The van der Waals surface area contributed by atoms with Crippen LogP contribution in [0.15, 0.2) is 18.3 Å². The minimum Gasteiger partial charge on any atom is -0.310 e. The van der Waals surface area contributed by atoms with Crippen molar-refractivity contribution in [1.29, 1.82) is 0 Å². The minimum absolute atomic E-state index is 0.147. The quantitative estimate of drug-likeness (QED) is 0.789. The standard InChI is InChI=1S/C16H19ClN2S/c1-16(10-17)14-7-4-8-19(14)15-12(9-18-16)11-5-2-3-6-13(11)20-15/h4,7-8,18H,2-3,5-6,9-10H2,1H3. The zero-order valence-corrected chi connectivity index (χ0v) is 13.3. The van der Waals surface area contributed by atoms with E-state index in [4.69, 9.17) is 11.6 Å². The van der Waals surface area contributed by atoms with Gasteiger partial charge in [-0.15, -0.1) is 22.9 Å². The van der Waals surface area contributed by atoms with Crippen LogP contribution >= 0.6 is 22.9 Å². The van der Waals surface area contributed by atoms with Gasteiger partial charge >= 0.3 is 0 Å². The highest BCUT2D eigenvalue weighted by Gasteiger charge is 2.34. The third-order valence-electron chi connectivity index (χ3n) is 4.72. The van der Waals surface area contributed by atoms with Gasteiger partial charge in [-0.05, 0) is 50.3 Å². The van der Waals surface area contributed by atoms with E-state index < -0.39 is 0 Å². The Morgan fingerprint density at radius 2 is 2.20 bits per heavy atom. The summed E-state index contributed by atoms with van der Waals surface area (Å²) in [5, 5.41) is 5.11. The highest BCUT2D eigenvalue weighted by Crippen LogP contribution is 2.41. The predicted octanol–water partition coefficient (Wildman–Crippen LogP) is 3.97. The summed E-state index contributed by atoms with van der Waals surface area (Å²) in [4.78, 5) is 1.61. The van der Waals surface area contributed by atoms with Crippen molar-refractivity contribution in [3.8, 4) is 5.00 Å². The molecule has 2 aliphatic rings. The summed E-state index contributed by atoms with van der Waals surface area (Å²) in [6.45, 7) is 3.14. The normalized spacial score (nSPS) is 24.7.